The molecule has 1 fully saturated rings. The van der Waals surface area contributed by atoms with Gasteiger partial charge in [-0.2, -0.15) is 0 Å². The molecule has 1 aliphatic heterocycles. The third kappa shape index (κ3) is 13.5. The van der Waals surface area contributed by atoms with Gasteiger partial charge < -0.3 is 10.0 Å². The summed E-state index contributed by atoms with van der Waals surface area (Å²) in [4.78, 5) is 2.54. The van der Waals surface area contributed by atoms with Crippen LogP contribution in [0.15, 0.2) is 0 Å². The van der Waals surface area contributed by atoms with Gasteiger partial charge in [0.05, 0.1) is 0 Å². The van der Waals surface area contributed by atoms with E-state index in [-0.39, 0.29) is 6.61 Å². The van der Waals surface area contributed by atoms with Gasteiger partial charge in [-0.3, -0.25) is 0 Å². The van der Waals surface area contributed by atoms with E-state index < -0.39 is 0 Å². The Kier molecular flexibility index (Phi) is 16.0. The van der Waals surface area contributed by atoms with E-state index in [1.165, 1.54) is 32.5 Å². The minimum absolute atomic E-state index is 0.0157. The number of aliphatic hydroxyl groups excluding tert-OH is 1. The summed E-state index contributed by atoms with van der Waals surface area (Å²) in [6, 6.07) is 0. The number of hydrogen-bond donors (Lipinski definition) is 1. The maximum atomic E-state index is 8.14. The maximum Gasteiger partial charge on any atom is 0.104 e. The smallest absolute Gasteiger partial charge is 0.104 e. The molecule has 0 bridgehead atoms. The van der Waals surface area contributed by atoms with Crippen LogP contribution in [-0.4, -0.2) is 36.2 Å². The topological polar surface area (TPSA) is 23.5 Å². The van der Waals surface area contributed by atoms with Crippen molar-refractivity contribution in [3.8, 4) is 11.8 Å². The Morgan fingerprint density at radius 1 is 1.33 bits per heavy atom. The molecule has 0 aromatic rings. The second-order valence-corrected chi connectivity index (χ2v) is 4.77. The lowest BCUT2D eigenvalue weighted by Crippen LogP contribution is -2.33. The van der Waals surface area contributed by atoms with Crippen molar-refractivity contribution in [2.24, 2.45) is 11.8 Å². The Morgan fingerprint density at radius 3 is 2.22 bits per heavy atom. The summed E-state index contributed by atoms with van der Waals surface area (Å²) in [5.74, 6) is 6.67. The van der Waals surface area contributed by atoms with E-state index in [1.54, 1.807) is 0 Å². The molecule has 2 nitrogen and oxygen atoms in total. The molecule has 0 spiro atoms. The highest BCUT2D eigenvalue weighted by molar-refractivity contribution is 5.00. The van der Waals surface area contributed by atoms with Gasteiger partial charge in [0.2, 0.25) is 0 Å². The van der Waals surface area contributed by atoms with Gasteiger partial charge in [-0.05, 0) is 31.8 Å². The number of hydrogen-bond acceptors (Lipinski definition) is 2. The summed E-state index contributed by atoms with van der Waals surface area (Å²) in [6.07, 6.45) is 2.85. The first kappa shape index (κ1) is 19.8. The zero-order valence-corrected chi connectivity index (χ0v) is 13.3. The van der Waals surface area contributed by atoms with Crippen LogP contribution in [0, 0.1) is 23.7 Å². The van der Waals surface area contributed by atoms with E-state index in [1.807, 2.05) is 27.7 Å². The molecular weight excluding hydrogens is 222 g/mol. The normalized spacial score (nSPS) is 18.8. The second kappa shape index (κ2) is 14.5. The number of piperidine rings is 1. The minimum Gasteiger partial charge on any atom is -0.384 e. The molecule has 2 heteroatoms. The van der Waals surface area contributed by atoms with Gasteiger partial charge in [0.25, 0.3) is 0 Å². The van der Waals surface area contributed by atoms with Gasteiger partial charge in [0.15, 0.2) is 0 Å². The SMILES string of the molecule is CC.CC(C)C#CCO.CCN1CCCC(C)C1. The molecule has 1 unspecified atom stereocenters. The van der Waals surface area contributed by atoms with Crippen molar-refractivity contribution in [1.29, 1.82) is 0 Å². The average molecular weight is 255 g/mol. The predicted molar refractivity (Wildman–Crippen MR) is 81.6 cm³/mol. The van der Waals surface area contributed by atoms with Crippen LogP contribution in [0.5, 0.6) is 0 Å². The van der Waals surface area contributed by atoms with E-state index in [9.17, 15) is 0 Å². The van der Waals surface area contributed by atoms with E-state index in [0.29, 0.717) is 5.92 Å². The van der Waals surface area contributed by atoms with Gasteiger partial charge in [-0.1, -0.05) is 53.4 Å². The van der Waals surface area contributed by atoms with Crippen molar-refractivity contribution in [2.75, 3.05) is 26.2 Å². The molecule has 0 saturated carbocycles. The van der Waals surface area contributed by atoms with Crippen molar-refractivity contribution in [2.45, 2.75) is 54.4 Å². The average Bonchev–Trinajstić information content (AvgIpc) is 2.39. The summed E-state index contributed by atoms with van der Waals surface area (Å²) in [5, 5.41) is 8.14. The Bertz CT molecular complexity index is 215. The molecule has 108 valence electrons. The Balaban J connectivity index is 0. The fraction of sp³-hybridized carbons (Fsp3) is 0.875. The standard InChI is InChI=1S/C8H17N.C6H10O.C2H6/c1-3-9-6-4-5-8(2)7-9;1-6(2)4-3-5-7;1-2/h8H,3-7H2,1-2H3;6-7H,5H2,1-2H3;1-2H3. The zero-order valence-electron chi connectivity index (χ0n) is 13.3. The zero-order chi connectivity index (χ0) is 14.4. The van der Waals surface area contributed by atoms with Gasteiger partial charge in [-0.15, -0.1) is 0 Å². The van der Waals surface area contributed by atoms with Crippen LogP contribution in [0.3, 0.4) is 0 Å². The Labute approximate surface area is 115 Å². The lowest BCUT2D eigenvalue weighted by atomic mass is 10.0. The largest absolute Gasteiger partial charge is 0.384 e. The van der Waals surface area contributed by atoms with Crippen LogP contribution in [-0.2, 0) is 0 Å². The predicted octanol–water partition coefficient (Wildman–Crippen LogP) is 3.40. The lowest BCUT2D eigenvalue weighted by molar-refractivity contribution is 0.192. The molecule has 0 aromatic carbocycles. The third-order valence-corrected chi connectivity index (χ3v) is 2.66. The number of rotatable bonds is 1. The molecule has 18 heavy (non-hydrogen) atoms. The summed E-state index contributed by atoms with van der Waals surface area (Å²) >= 11 is 0. The first-order chi connectivity index (χ1) is 8.60. The van der Waals surface area contributed by atoms with Crippen molar-refractivity contribution in [3.05, 3.63) is 0 Å². The van der Waals surface area contributed by atoms with E-state index in [2.05, 4.69) is 30.6 Å². The quantitative estimate of drug-likeness (QED) is 0.726. The van der Waals surface area contributed by atoms with Gasteiger partial charge in [0.1, 0.15) is 6.61 Å². The monoisotopic (exact) mass is 255 g/mol. The first-order valence-electron chi connectivity index (χ1n) is 7.41. The molecule has 0 aliphatic carbocycles. The van der Waals surface area contributed by atoms with Gasteiger partial charge in [0, 0.05) is 12.5 Å². The van der Waals surface area contributed by atoms with E-state index >= 15 is 0 Å². The fourth-order valence-electron chi connectivity index (χ4n) is 1.82. The Hall–Kier alpha value is -0.520. The van der Waals surface area contributed by atoms with Crippen LogP contribution >= 0.6 is 0 Å². The van der Waals surface area contributed by atoms with E-state index in [0.717, 1.165) is 5.92 Å². The number of aliphatic hydroxyl groups is 1. The molecular formula is C16H33NO. The van der Waals surface area contributed by atoms with Crippen LogP contribution in [0.1, 0.15) is 54.4 Å². The summed E-state index contributed by atoms with van der Waals surface area (Å²) < 4.78 is 0. The van der Waals surface area contributed by atoms with E-state index in [4.69, 9.17) is 5.11 Å². The molecule has 0 radical (unpaired) electrons. The summed E-state index contributed by atoms with van der Waals surface area (Å²) in [5.41, 5.74) is 0. The van der Waals surface area contributed by atoms with Crippen LogP contribution in [0.25, 0.3) is 0 Å². The summed E-state index contributed by atoms with van der Waals surface area (Å²) in [7, 11) is 0. The molecule has 1 atom stereocenters. The van der Waals surface area contributed by atoms with Crippen molar-refractivity contribution in [1.82, 2.24) is 4.90 Å². The molecule has 1 heterocycles. The highest BCUT2D eigenvalue weighted by atomic mass is 16.2. The molecule has 0 amide bonds. The lowest BCUT2D eigenvalue weighted by Gasteiger charge is -2.29. The highest BCUT2D eigenvalue weighted by Gasteiger charge is 2.13. The minimum atomic E-state index is -0.0157. The van der Waals surface area contributed by atoms with Crippen molar-refractivity contribution >= 4 is 0 Å². The van der Waals surface area contributed by atoms with Crippen LogP contribution in [0.2, 0.25) is 0 Å². The molecule has 1 aliphatic rings. The van der Waals surface area contributed by atoms with Crippen molar-refractivity contribution in [3.63, 3.8) is 0 Å². The Morgan fingerprint density at radius 2 is 1.94 bits per heavy atom. The third-order valence-electron chi connectivity index (χ3n) is 2.66. The van der Waals surface area contributed by atoms with Crippen LogP contribution in [0.4, 0.5) is 0 Å². The summed E-state index contributed by atoms with van der Waals surface area (Å²) in [6.45, 7) is 16.5. The van der Waals surface area contributed by atoms with Crippen LogP contribution < -0.4 is 0 Å². The first-order valence-corrected chi connectivity index (χ1v) is 7.41. The van der Waals surface area contributed by atoms with Gasteiger partial charge >= 0.3 is 0 Å². The van der Waals surface area contributed by atoms with Crippen molar-refractivity contribution < 1.29 is 5.11 Å². The molecule has 0 aromatic heterocycles. The fourth-order valence-corrected chi connectivity index (χ4v) is 1.82. The second-order valence-electron chi connectivity index (χ2n) is 4.77. The van der Waals surface area contributed by atoms with Gasteiger partial charge in [-0.25, -0.2) is 0 Å². The number of nitrogens with zero attached hydrogens (tertiary/aromatic N) is 1. The molecule has 1 saturated heterocycles. The highest BCUT2D eigenvalue weighted by Crippen LogP contribution is 2.14. The molecule has 1 N–H and O–H groups in total. The molecule has 1 rings (SSSR count). The number of likely N-dealkylation sites (tertiary alicyclic amines) is 1. The maximum absolute atomic E-state index is 8.14.